The molecule has 0 aliphatic carbocycles. The summed E-state index contributed by atoms with van der Waals surface area (Å²) in [5.74, 6) is -0.602. The molecule has 0 spiro atoms. The molecule has 0 aromatic heterocycles. The van der Waals surface area contributed by atoms with E-state index in [1.807, 2.05) is 0 Å². The number of hydrogen-bond donors (Lipinski definition) is 0. The maximum Gasteiger partial charge on any atom is 0.406 e. The Hall–Kier alpha value is -1.04. The van der Waals surface area contributed by atoms with Crippen molar-refractivity contribution in [2.75, 3.05) is 13.1 Å². The van der Waals surface area contributed by atoms with Crippen molar-refractivity contribution in [2.24, 2.45) is 0 Å². The first-order valence-corrected chi connectivity index (χ1v) is 6.66. The summed E-state index contributed by atoms with van der Waals surface area (Å²) in [5.41, 5.74) is 1.08. The normalized spacial score (nSPS) is 11.5. The number of carbonyl (C=O) groups is 1. The Bertz CT molecular complexity index is 460. The highest BCUT2D eigenvalue weighted by Gasteiger charge is 2.33. The van der Waals surface area contributed by atoms with Gasteiger partial charge in [-0.3, -0.25) is 4.79 Å². The van der Waals surface area contributed by atoms with Crippen LogP contribution in [0, 0.1) is 6.92 Å². The second-order valence-corrected chi connectivity index (χ2v) is 5.07. The molecule has 0 unspecified atom stereocenters. The molecular weight excluding hydrogens is 323 g/mol. The minimum Gasteiger partial charge on any atom is -0.330 e. The predicted octanol–water partition coefficient (Wildman–Crippen LogP) is 4.17. The zero-order valence-corrected chi connectivity index (χ0v) is 12.3. The molecule has 1 amide bonds. The average Bonchev–Trinajstić information content (AvgIpc) is 2.30. The van der Waals surface area contributed by atoms with Crippen LogP contribution in [0.5, 0.6) is 0 Å². The summed E-state index contributed by atoms with van der Waals surface area (Å²) in [6.45, 7) is 2.38. The van der Waals surface area contributed by atoms with Crippen molar-refractivity contribution < 1.29 is 18.0 Å². The van der Waals surface area contributed by atoms with Gasteiger partial charge in [0, 0.05) is 11.0 Å². The number of benzene rings is 1. The maximum absolute atomic E-state index is 12.5. The van der Waals surface area contributed by atoms with Gasteiger partial charge < -0.3 is 4.90 Å². The molecule has 0 radical (unpaired) electrons. The maximum atomic E-state index is 12.5. The standard InChI is InChI=1S/C13H15BrF3NO/c1-3-7-18(8-13(15,16)17)12(19)10-6-4-5-9(2)11(10)14/h4-6H,3,7-8H2,1-2H3. The Morgan fingerprint density at radius 2 is 2.00 bits per heavy atom. The van der Waals surface area contributed by atoms with Crippen LogP contribution in [0.15, 0.2) is 22.7 Å². The number of amides is 1. The molecule has 0 saturated heterocycles. The Balaban J connectivity index is 3.02. The quantitative estimate of drug-likeness (QED) is 0.807. The summed E-state index contributed by atoms with van der Waals surface area (Å²) in [6, 6.07) is 4.97. The Morgan fingerprint density at radius 3 is 2.53 bits per heavy atom. The fourth-order valence-corrected chi connectivity index (χ4v) is 2.16. The van der Waals surface area contributed by atoms with E-state index in [-0.39, 0.29) is 12.1 Å². The van der Waals surface area contributed by atoms with Crippen molar-refractivity contribution >= 4 is 21.8 Å². The van der Waals surface area contributed by atoms with Crippen LogP contribution in [0.4, 0.5) is 13.2 Å². The van der Waals surface area contributed by atoms with Crippen LogP contribution in [0.2, 0.25) is 0 Å². The van der Waals surface area contributed by atoms with Crippen LogP contribution in [-0.4, -0.2) is 30.1 Å². The van der Waals surface area contributed by atoms with Crippen LogP contribution < -0.4 is 0 Å². The average molecular weight is 338 g/mol. The molecule has 0 aliphatic heterocycles. The first-order chi connectivity index (χ1) is 8.76. The lowest BCUT2D eigenvalue weighted by molar-refractivity contribution is -0.140. The van der Waals surface area contributed by atoms with Gasteiger partial charge in [0.1, 0.15) is 6.54 Å². The van der Waals surface area contributed by atoms with Gasteiger partial charge in [0.05, 0.1) is 5.56 Å². The first-order valence-electron chi connectivity index (χ1n) is 5.87. The van der Waals surface area contributed by atoms with Gasteiger partial charge in [0.2, 0.25) is 0 Å². The molecule has 1 rings (SSSR count). The van der Waals surface area contributed by atoms with Gasteiger partial charge in [-0.15, -0.1) is 0 Å². The Labute approximate surface area is 118 Å². The minimum atomic E-state index is -4.39. The molecule has 0 bridgehead atoms. The second-order valence-electron chi connectivity index (χ2n) is 4.28. The molecule has 0 heterocycles. The lowest BCUT2D eigenvalue weighted by Gasteiger charge is -2.24. The van der Waals surface area contributed by atoms with Crippen LogP contribution in [-0.2, 0) is 0 Å². The fraction of sp³-hybridized carbons (Fsp3) is 0.462. The van der Waals surface area contributed by atoms with Gasteiger partial charge >= 0.3 is 6.18 Å². The first kappa shape index (κ1) is 16.0. The monoisotopic (exact) mass is 337 g/mol. The van der Waals surface area contributed by atoms with Crippen molar-refractivity contribution in [1.29, 1.82) is 0 Å². The number of aryl methyl sites for hydroxylation is 1. The summed E-state index contributed by atoms with van der Waals surface area (Å²) in [4.78, 5) is 13.0. The highest BCUT2D eigenvalue weighted by Crippen LogP contribution is 2.24. The van der Waals surface area contributed by atoms with E-state index in [1.54, 1.807) is 26.0 Å². The van der Waals surface area contributed by atoms with Gasteiger partial charge in [-0.05, 0) is 40.9 Å². The van der Waals surface area contributed by atoms with Gasteiger partial charge in [-0.25, -0.2) is 0 Å². The topological polar surface area (TPSA) is 20.3 Å². The summed E-state index contributed by atoms with van der Waals surface area (Å²) < 4.78 is 38.0. The molecule has 1 aromatic carbocycles. The summed E-state index contributed by atoms with van der Waals surface area (Å²) in [5, 5.41) is 0. The highest BCUT2D eigenvalue weighted by molar-refractivity contribution is 9.10. The molecular formula is C13H15BrF3NO. The SMILES string of the molecule is CCCN(CC(F)(F)F)C(=O)c1cccc(C)c1Br. The van der Waals surface area contributed by atoms with E-state index >= 15 is 0 Å². The fourth-order valence-electron chi connectivity index (χ4n) is 1.72. The third-order valence-electron chi connectivity index (χ3n) is 2.57. The van der Waals surface area contributed by atoms with E-state index in [1.165, 1.54) is 6.07 Å². The third-order valence-corrected chi connectivity index (χ3v) is 3.63. The molecule has 0 atom stereocenters. The van der Waals surface area contributed by atoms with E-state index in [0.717, 1.165) is 10.5 Å². The number of nitrogens with zero attached hydrogens (tertiary/aromatic N) is 1. The molecule has 2 nitrogen and oxygen atoms in total. The largest absolute Gasteiger partial charge is 0.406 e. The van der Waals surface area contributed by atoms with Crippen molar-refractivity contribution in [1.82, 2.24) is 4.90 Å². The third kappa shape index (κ3) is 4.53. The van der Waals surface area contributed by atoms with Crippen LogP contribution >= 0.6 is 15.9 Å². The van der Waals surface area contributed by atoms with Crippen LogP contribution in [0.25, 0.3) is 0 Å². The zero-order chi connectivity index (χ0) is 14.6. The van der Waals surface area contributed by atoms with E-state index in [4.69, 9.17) is 0 Å². The number of hydrogen-bond acceptors (Lipinski definition) is 1. The summed E-state index contributed by atoms with van der Waals surface area (Å²) in [7, 11) is 0. The molecule has 1 aromatic rings. The smallest absolute Gasteiger partial charge is 0.330 e. The predicted molar refractivity (Wildman–Crippen MR) is 71.1 cm³/mol. The van der Waals surface area contributed by atoms with E-state index in [2.05, 4.69) is 15.9 Å². The van der Waals surface area contributed by atoms with E-state index < -0.39 is 18.6 Å². The number of rotatable bonds is 4. The molecule has 106 valence electrons. The molecule has 0 N–H and O–H groups in total. The van der Waals surface area contributed by atoms with E-state index in [9.17, 15) is 18.0 Å². The molecule has 0 saturated carbocycles. The molecule has 6 heteroatoms. The molecule has 0 fully saturated rings. The number of alkyl halides is 3. The highest BCUT2D eigenvalue weighted by atomic mass is 79.9. The van der Waals surface area contributed by atoms with E-state index in [0.29, 0.717) is 10.9 Å². The summed E-state index contributed by atoms with van der Waals surface area (Å²) in [6.07, 6.45) is -3.91. The summed E-state index contributed by atoms with van der Waals surface area (Å²) >= 11 is 3.25. The Kier molecular flexibility index (Phi) is 5.40. The Morgan fingerprint density at radius 1 is 1.37 bits per heavy atom. The van der Waals surface area contributed by atoms with Crippen molar-refractivity contribution in [2.45, 2.75) is 26.4 Å². The van der Waals surface area contributed by atoms with Gasteiger partial charge in [0.25, 0.3) is 5.91 Å². The van der Waals surface area contributed by atoms with Crippen LogP contribution in [0.1, 0.15) is 29.3 Å². The minimum absolute atomic E-state index is 0.0821. The van der Waals surface area contributed by atoms with Crippen molar-refractivity contribution in [3.63, 3.8) is 0 Å². The lowest BCUT2D eigenvalue weighted by Crippen LogP contribution is -2.39. The lowest BCUT2D eigenvalue weighted by atomic mass is 10.1. The molecule has 0 aliphatic rings. The van der Waals surface area contributed by atoms with Crippen molar-refractivity contribution in [3.05, 3.63) is 33.8 Å². The van der Waals surface area contributed by atoms with Gasteiger partial charge in [-0.2, -0.15) is 13.2 Å². The second kappa shape index (κ2) is 6.41. The van der Waals surface area contributed by atoms with Crippen LogP contribution in [0.3, 0.4) is 0 Å². The number of halogens is 4. The van der Waals surface area contributed by atoms with Gasteiger partial charge in [0.15, 0.2) is 0 Å². The number of carbonyl (C=O) groups excluding carboxylic acids is 1. The van der Waals surface area contributed by atoms with Crippen molar-refractivity contribution in [3.8, 4) is 0 Å². The van der Waals surface area contributed by atoms with Gasteiger partial charge in [-0.1, -0.05) is 19.1 Å². The molecule has 19 heavy (non-hydrogen) atoms. The zero-order valence-electron chi connectivity index (χ0n) is 10.7.